The van der Waals surface area contributed by atoms with Gasteiger partial charge in [0.2, 0.25) is 11.8 Å². The van der Waals surface area contributed by atoms with Crippen LogP contribution in [0.3, 0.4) is 0 Å². The minimum Gasteiger partial charge on any atom is -0.493 e. The molecule has 0 aliphatic carbocycles. The van der Waals surface area contributed by atoms with Crippen molar-refractivity contribution < 1.29 is 19.0 Å². The zero-order valence-electron chi connectivity index (χ0n) is 24.6. The molecule has 0 saturated heterocycles. The van der Waals surface area contributed by atoms with Gasteiger partial charge in [-0.3, -0.25) is 0 Å². The molecule has 0 radical (unpaired) electrons. The Morgan fingerprint density at radius 3 is 2.48 bits per heavy atom. The van der Waals surface area contributed by atoms with E-state index in [1.54, 1.807) is 31.3 Å². The van der Waals surface area contributed by atoms with Crippen LogP contribution in [0.25, 0.3) is 11.3 Å². The Morgan fingerprint density at radius 2 is 1.70 bits per heavy atom. The van der Waals surface area contributed by atoms with Crippen molar-refractivity contribution in [1.82, 2.24) is 29.4 Å². The quantitative estimate of drug-likeness (QED) is 0.163. The summed E-state index contributed by atoms with van der Waals surface area (Å²) >= 11 is 0. The first kappa shape index (κ1) is 27.1. The maximum absolute atomic E-state index is 6.49. The number of fused-ring (bicyclic) bond motifs is 4. The van der Waals surface area contributed by atoms with E-state index in [-0.39, 0.29) is 12.5 Å². The fraction of sp³-hybridized carbons (Fsp3) is 0.182. The van der Waals surface area contributed by atoms with Crippen LogP contribution < -0.4 is 14.2 Å². The predicted octanol–water partition coefficient (Wildman–Crippen LogP) is 5.78. The van der Waals surface area contributed by atoms with Gasteiger partial charge >= 0.3 is 0 Å². The third-order valence-electron chi connectivity index (χ3n) is 7.55. The van der Waals surface area contributed by atoms with Crippen molar-refractivity contribution in [2.45, 2.75) is 26.4 Å². The molecule has 6 aromatic rings. The largest absolute Gasteiger partial charge is 0.493 e. The number of hydrogen-bond acceptors (Lipinski definition) is 9. The van der Waals surface area contributed by atoms with Crippen LogP contribution in [-0.4, -0.2) is 49.8 Å². The molecule has 1 aliphatic heterocycles. The number of benzene rings is 3. The van der Waals surface area contributed by atoms with Gasteiger partial charge in [0.05, 0.1) is 48.9 Å². The summed E-state index contributed by atoms with van der Waals surface area (Å²) in [7, 11) is 3.18. The highest BCUT2D eigenvalue weighted by Gasteiger charge is 2.38. The molecule has 1 aliphatic rings. The molecule has 0 amide bonds. The molecule has 11 heteroatoms. The third kappa shape index (κ3) is 4.77. The number of hydrogen-bond donors (Lipinski definition) is 0. The minimum atomic E-state index is -0.232. The predicted molar refractivity (Wildman–Crippen MR) is 163 cm³/mol. The van der Waals surface area contributed by atoms with Gasteiger partial charge in [0.15, 0.2) is 29.6 Å². The van der Waals surface area contributed by atoms with Crippen molar-refractivity contribution in [3.63, 3.8) is 0 Å². The van der Waals surface area contributed by atoms with Gasteiger partial charge in [0, 0.05) is 5.56 Å². The van der Waals surface area contributed by atoms with Gasteiger partial charge in [-0.1, -0.05) is 53.2 Å². The lowest BCUT2D eigenvalue weighted by molar-refractivity contribution is 0.126. The zero-order chi connectivity index (χ0) is 30.2. The first-order valence-corrected chi connectivity index (χ1v) is 14.0. The second-order valence-electron chi connectivity index (χ2n) is 10.4. The SMILES string of the molecule is COc1ccc(C=NOCc2nc3c4c(ncn3n2)Oc2c(c(C)nn2-c2ccccc2)C4c2ccc(C)cc2)cc1OC. The first-order valence-electron chi connectivity index (χ1n) is 14.0. The average Bonchev–Trinajstić information content (AvgIpc) is 3.63. The van der Waals surface area contributed by atoms with E-state index in [0.29, 0.717) is 34.7 Å². The number of nitrogens with zero attached hydrogens (tertiary/aromatic N) is 7. The topological polar surface area (TPSA) is 110 Å². The normalized spacial score (nSPS) is 13.9. The van der Waals surface area contributed by atoms with E-state index < -0.39 is 0 Å². The average molecular weight is 588 g/mol. The van der Waals surface area contributed by atoms with Crippen LogP contribution in [-0.2, 0) is 11.4 Å². The molecule has 3 aromatic carbocycles. The molecular formula is C33H29N7O4. The Labute approximate surface area is 253 Å². The van der Waals surface area contributed by atoms with E-state index in [9.17, 15) is 0 Å². The lowest BCUT2D eigenvalue weighted by Crippen LogP contribution is -2.16. The van der Waals surface area contributed by atoms with Crippen molar-refractivity contribution in [2.24, 2.45) is 5.16 Å². The Bertz CT molecular complexity index is 2000. The van der Waals surface area contributed by atoms with Gasteiger partial charge in [0.1, 0.15) is 6.33 Å². The lowest BCUT2D eigenvalue weighted by Gasteiger charge is -2.26. The number of ether oxygens (including phenoxy) is 3. The zero-order valence-corrected chi connectivity index (χ0v) is 24.6. The summed E-state index contributed by atoms with van der Waals surface area (Å²) in [6, 6.07) is 23.9. The van der Waals surface area contributed by atoms with E-state index >= 15 is 0 Å². The molecule has 0 N–H and O–H groups in total. The Kier molecular flexibility index (Phi) is 6.89. The fourth-order valence-corrected chi connectivity index (χ4v) is 5.45. The van der Waals surface area contributed by atoms with Gasteiger partial charge in [-0.2, -0.15) is 5.10 Å². The highest BCUT2D eigenvalue weighted by atomic mass is 16.6. The molecule has 11 nitrogen and oxygen atoms in total. The summed E-state index contributed by atoms with van der Waals surface area (Å²) < 4.78 is 20.6. The highest BCUT2D eigenvalue weighted by molar-refractivity contribution is 5.80. The van der Waals surface area contributed by atoms with Gasteiger partial charge in [-0.25, -0.2) is 19.2 Å². The van der Waals surface area contributed by atoms with Crippen LogP contribution in [0, 0.1) is 13.8 Å². The second kappa shape index (κ2) is 11.2. The van der Waals surface area contributed by atoms with Gasteiger partial charge in [0.25, 0.3) is 0 Å². The molecule has 44 heavy (non-hydrogen) atoms. The summed E-state index contributed by atoms with van der Waals surface area (Å²) in [4.78, 5) is 15.1. The number of rotatable bonds is 8. The summed E-state index contributed by atoms with van der Waals surface area (Å²) in [5.74, 6) is 2.56. The summed E-state index contributed by atoms with van der Waals surface area (Å²) in [5, 5.41) is 13.6. The monoisotopic (exact) mass is 587 g/mol. The molecule has 3 aromatic heterocycles. The van der Waals surface area contributed by atoms with Crippen molar-refractivity contribution >= 4 is 11.9 Å². The Morgan fingerprint density at radius 1 is 0.909 bits per heavy atom. The van der Waals surface area contributed by atoms with E-state index in [1.165, 1.54) is 5.56 Å². The van der Waals surface area contributed by atoms with Crippen LogP contribution in [0.4, 0.5) is 0 Å². The molecule has 0 bridgehead atoms. The number of aryl methyl sites for hydroxylation is 2. The van der Waals surface area contributed by atoms with Crippen LogP contribution in [0.2, 0.25) is 0 Å². The van der Waals surface area contributed by atoms with Gasteiger partial charge in [-0.05, 0) is 49.7 Å². The van der Waals surface area contributed by atoms with E-state index in [1.807, 2.05) is 60.1 Å². The summed E-state index contributed by atoms with van der Waals surface area (Å²) in [6.45, 7) is 4.14. The molecule has 0 fully saturated rings. The molecule has 0 saturated carbocycles. The molecule has 4 heterocycles. The molecule has 1 atom stereocenters. The third-order valence-corrected chi connectivity index (χ3v) is 7.55. The Balaban J connectivity index is 1.25. The van der Waals surface area contributed by atoms with E-state index in [2.05, 4.69) is 46.4 Å². The first-order chi connectivity index (χ1) is 21.5. The molecule has 7 rings (SSSR count). The molecule has 0 spiro atoms. The summed E-state index contributed by atoms with van der Waals surface area (Å²) in [6.07, 6.45) is 3.20. The number of methoxy groups -OCH3 is 2. The smallest absolute Gasteiger partial charge is 0.230 e. The van der Waals surface area contributed by atoms with Crippen molar-refractivity contribution in [1.29, 1.82) is 0 Å². The van der Waals surface area contributed by atoms with Crippen LogP contribution in [0.1, 0.15) is 45.3 Å². The van der Waals surface area contributed by atoms with Crippen LogP contribution >= 0.6 is 0 Å². The number of para-hydroxylation sites is 1. The number of aromatic nitrogens is 6. The van der Waals surface area contributed by atoms with Crippen molar-refractivity contribution in [3.05, 3.63) is 118 Å². The van der Waals surface area contributed by atoms with Crippen LogP contribution in [0.15, 0.2) is 84.3 Å². The lowest BCUT2D eigenvalue weighted by atomic mass is 9.84. The maximum Gasteiger partial charge on any atom is 0.230 e. The molecule has 220 valence electrons. The van der Waals surface area contributed by atoms with Gasteiger partial charge in [-0.15, -0.1) is 5.10 Å². The second-order valence-corrected chi connectivity index (χ2v) is 10.4. The standard InChI is InChI=1S/C33H29N7O4/c1-20-10-13-23(14-11-20)29-28-21(2)37-40(24-8-6-5-7-9-24)33(28)44-32-30(29)31-36-27(38-39(31)19-34-32)18-43-35-17-22-12-15-25(41-3)26(16-22)42-4/h5-17,19,29H,18H2,1-4H3. The fourth-order valence-electron chi connectivity index (χ4n) is 5.45. The maximum atomic E-state index is 6.49. The Hall–Kier alpha value is -5.71. The van der Waals surface area contributed by atoms with Crippen LogP contribution in [0.5, 0.6) is 23.3 Å². The molecule has 1 unspecified atom stereocenters. The van der Waals surface area contributed by atoms with Crippen molar-refractivity contribution in [2.75, 3.05) is 14.2 Å². The number of oxime groups is 1. The van der Waals surface area contributed by atoms with Crippen molar-refractivity contribution in [3.8, 4) is 28.9 Å². The molecular weight excluding hydrogens is 558 g/mol. The van der Waals surface area contributed by atoms with E-state index in [4.69, 9.17) is 29.1 Å². The minimum absolute atomic E-state index is 0.0620. The van der Waals surface area contributed by atoms with E-state index in [0.717, 1.165) is 33.6 Å². The summed E-state index contributed by atoms with van der Waals surface area (Å²) in [5.41, 5.74) is 7.20. The van der Waals surface area contributed by atoms with Gasteiger partial charge < -0.3 is 19.0 Å². The highest BCUT2D eigenvalue weighted by Crippen LogP contribution is 2.49.